The van der Waals surface area contributed by atoms with Crippen molar-refractivity contribution in [1.29, 1.82) is 0 Å². The first-order chi connectivity index (χ1) is 11.3. The third-order valence-electron chi connectivity index (χ3n) is 3.83. The predicted molar refractivity (Wildman–Crippen MR) is 86.4 cm³/mol. The zero-order chi connectivity index (χ0) is 16.1. The summed E-state index contributed by atoms with van der Waals surface area (Å²) in [7, 11) is 0. The number of ether oxygens (including phenoxy) is 2. The van der Waals surface area contributed by atoms with E-state index in [1.54, 1.807) is 6.20 Å². The van der Waals surface area contributed by atoms with Crippen LogP contribution in [0.5, 0.6) is 11.6 Å². The van der Waals surface area contributed by atoms with Gasteiger partial charge in [0, 0.05) is 18.3 Å². The molecule has 1 N–H and O–H groups in total. The number of amides is 1. The molecule has 1 aliphatic rings. The lowest BCUT2D eigenvalue weighted by molar-refractivity contribution is -0.126. The third kappa shape index (κ3) is 3.62. The van der Waals surface area contributed by atoms with E-state index in [0.717, 1.165) is 16.9 Å². The molecule has 120 valence electrons. The molecule has 2 heterocycles. The fraction of sp³-hybridized carbons (Fsp3) is 0.333. The highest BCUT2D eigenvalue weighted by Crippen LogP contribution is 2.27. The Bertz CT molecular complexity index is 687. The lowest BCUT2D eigenvalue weighted by atomic mass is 9.96. The molecule has 2 aromatic rings. The van der Waals surface area contributed by atoms with Crippen molar-refractivity contribution in [2.75, 3.05) is 13.2 Å². The van der Waals surface area contributed by atoms with Crippen LogP contribution >= 0.6 is 0 Å². The monoisotopic (exact) mass is 312 g/mol. The normalized spacial score (nSPS) is 16.1. The Balaban J connectivity index is 1.60. The van der Waals surface area contributed by atoms with E-state index in [-0.39, 0.29) is 11.8 Å². The molecule has 1 aromatic heterocycles. The first-order valence-corrected chi connectivity index (χ1v) is 7.83. The number of hydrogen-bond acceptors (Lipinski definition) is 4. The Hall–Kier alpha value is -2.56. The Morgan fingerprint density at radius 3 is 3.09 bits per heavy atom. The zero-order valence-corrected chi connectivity index (χ0v) is 13.1. The van der Waals surface area contributed by atoms with E-state index in [1.165, 1.54) is 0 Å². The van der Waals surface area contributed by atoms with Gasteiger partial charge in [0.25, 0.3) is 0 Å². The van der Waals surface area contributed by atoms with Crippen molar-refractivity contribution in [3.8, 4) is 11.6 Å². The first kappa shape index (κ1) is 15.3. The number of hydrogen-bond donors (Lipinski definition) is 1. The highest BCUT2D eigenvalue weighted by atomic mass is 16.5. The highest BCUT2D eigenvalue weighted by Gasteiger charge is 2.25. The van der Waals surface area contributed by atoms with E-state index in [1.807, 2.05) is 43.3 Å². The summed E-state index contributed by atoms with van der Waals surface area (Å²) in [5, 5.41) is 2.96. The molecular weight excluding hydrogens is 292 g/mol. The maximum atomic E-state index is 12.4. The molecule has 23 heavy (non-hydrogen) atoms. The van der Waals surface area contributed by atoms with Gasteiger partial charge in [-0.15, -0.1) is 0 Å². The van der Waals surface area contributed by atoms with Crippen molar-refractivity contribution >= 4 is 5.91 Å². The second-order valence-electron chi connectivity index (χ2n) is 5.44. The number of fused-ring (bicyclic) bond motifs is 1. The van der Waals surface area contributed by atoms with Crippen LogP contribution in [0.25, 0.3) is 0 Å². The van der Waals surface area contributed by atoms with Gasteiger partial charge < -0.3 is 14.8 Å². The average Bonchev–Trinajstić information content (AvgIpc) is 2.60. The lowest BCUT2D eigenvalue weighted by Crippen LogP contribution is -2.37. The fourth-order valence-corrected chi connectivity index (χ4v) is 2.65. The highest BCUT2D eigenvalue weighted by molar-refractivity contribution is 5.79. The molecule has 1 aromatic carbocycles. The summed E-state index contributed by atoms with van der Waals surface area (Å²) >= 11 is 0. The number of carbonyl (C=O) groups excluding carboxylic acids is 1. The molecule has 0 saturated carbocycles. The first-order valence-electron chi connectivity index (χ1n) is 7.83. The quantitative estimate of drug-likeness (QED) is 0.920. The predicted octanol–water partition coefficient (Wildman–Crippen LogP) is 2.35. The second-order valence-corrected chi connectivity index (χ2v) is 5.44. The Kier molecular flexibility index (Phi) is 4.76. The molecule has 0 aliphatic carbocycles. The van der Waals surface area contributed by atoms with Crippen LogP contribution in [0, 0.1) is 5.92 Å². The zero-order valence-electron chi connectivity index (χ0n) is 13.1. The summed E-state index contributed by atoms with van der Waals surface area (Å²) in [6, 6.07) is 11.6. The van der Waals surface area contributed by atoms with Crippen molar-refractivity contribution in [3.63, 3.8) is 0 Å². The van der Waals surface area contributed by atoms with Crippen molar-refractivity contribution in [2.24, 2.45) is 5.92 Å². The van der Waals surface area contributed by atoms with E-state index < -0.39 is 0 Å². The summed E-state index contributed by atoms with van der Waals surface area (Å²) < 4.78 is 11.1. The van der Waals surface area contributed by atoms with Crippen LogP contribution in [0.1, 0.15) is 18.1 Å². The lowest BCUT2D eigenvalue weighted by Gasteiger charge is -2.24. The van der Waals surface area contributed by atoms with E-state index in [2.05, 4.69) is 10.3 Å². The molecule has 1 amide bonds. The Morgan fingerprint density at radius 2 is 2.22 bits per heavy atom. The molecule has 0 bridgehead atoms. The van der Waals surface area contributed by atoms with Crippen LogP contribution in [-0.2, 0) is 17.8 Å². The Labute approximate surface area is 135 Å². The van der Waals surface area contributed by atoms with Crippen LogP contribution in [-0.4, -0.2) is 24.1 Å². The van der Waals surface area contributed by atoms with Gasteiger partial charge >= 0.3 is 0 Å². The minimum absolute atomic E-state index is 0.00851. The van der Waals surface area contributed by atoms with Gasteiger partial charge in [-0.25, -0.2) is 4.98 Å². The number of carbonyl (C=O) groups is 1. The second kappa shape index (κ2) is 7.13. The molecule has 3 rings (SSSR count). The van der Waals surface area contributed by atoms with Gasteiger partial charge in [-0.2, -0.15) is 0 Å². The molecule has 0 spiro atoms. The van der Waals surface area contributed by atoms with Gasteiger partial charge in [-0.3, -0.25) is 4.79 Å². The summed E-state index contributed by atoms with van der Waals surface area (Å²) in [6.07, 6.45) is 2.38. The number of para-hydroxylation sites is 1. The maximum absolute atomic E-state index is 12.4. The van der Waals surface area contributed by atoms with Crippen LogP contribution < -0.4 is 14.8 Å². The molecule has 0 saturated heterocycles. The van der Waals surface area contributed by atoms with Crippen molar-refractivity contribution in [2.45, 2.75) is 19.9 Å². The van der Waals surface area contributed by atoms with Crippen molar-refractivity contribution in [3.05, 3.63) is 53.7 Å². The standard InChI is InChI=1S/C18H20N2O3/c1-2-22-18-14(7-5-9-19-18)11-20-17(21)15-10-13-6-3-4-8-16(13)23-12-15/h3-9,15H,2,10-12H2,1H3,(H,20,21)/t15-/m1/s1. The number of nitrogens with zero attached hydrogens (tertiary/aromatic N) is 1. The molecule has 5 nitrogen and oxygen atoms in total. The van der Waals surface area contributed by atoms with E-state index in [0.29, 0.717) is 32.1 Å². The van der Waals surface area contributed by atoms with Gasteiger partial charge in [0.15, 0.2) is 0 Å². The minimum Gasteiger partial charge on any atom is -0.492 e. The average molecular weight is 312 g/mol. The maximum Gasteiger partial charge on any atom is 0.227 e. The molecule has 0 fully saturated rings. The molecular formula is C18H20N2O3. The van der Waals surface area contributed by atoms with Crippen LogP contribution in [0.3, 0.4) is 0 Å². The Morgan fingerprint density at radius 1 is 1.35 bits per heavy atom. The topological polar surface area (TPSA) is 60.5 Å². The van der Waals surface area contributed by atoms with E-state index in [9.17, 15) is 4.79 Å². The van der Waals surface area contributed by atoms with E-state index in [4.69, 9.17) is 9.47 Å². The van der Waals surface area contributed by atoms with Gasteiger partial charge in [0.2, 0.25) is 11.8 Å². The number of rotatable bonds is 5. The smallest absolute Gasteiger partial charge is 0.227 e. The largest absolute Gasteiger partial charge is 0.492 e. The van der Waals surface area contributed by atoms with Crippen LogP contribution in [0.4, 0.5) is 0 Å². The minimum atomic E-state index is -0.169. The summed E-state index contributed by atoms with van der Waals surface area (Å²) in [6.45, 7) is 3.27. The van der Waals surface area contributed by atoms with Crippen molar-refractivity contribution < 1.29 is 14.3 Å². The SMILES string of the molecule is CCOc1ncccc1CNC(=O)[C@H]1COc2ccccc2C1. The number of benzene rings is 1. The van der Waals surface area contributed by atoms with Gasteiger partial charge in [-0.1, -0.05) is 24.3 Å². The molecule has 1 aliphatic heterocycles. The summed E-state index contributed by atoms with van der Waals surface area (Å²) in [4.78, 5) is 16.6. The van der Waals surface area contributed by atoms with E-state index >= 15 is 0 Å². The van der Waals surface area contributed by atoms with Gasteiger partial charge in [-0.05, 0) is 31.0 Å². The summed E-state index contributed by atoms with van der Waals surface area (Å²) in [5.41, 5.74) is 1.95. The molecule has 1 atom stereocenters. The fourth-order valence-electron chi connectivity index (χ4n) is 2.65. The third-order valence-corrected chi connectivity index (χ3v) is 3.83. The molecule has 0 unspecified atom stereocenters. The molecule has 0 radical (unpaired) electrons. The number of nitrogens with one attached hydrogen (secondary N) is 1. The number of pyridine rings is 1. The van der Waals surface area contributed by atoms with Crippen LogP contribution in [0.2, 0.25) is 0 Å². The number of aromatic nitrogens is 1. The molecule has 5 heteroatoms. The van der Waals surface area contributed by atoms with Crippen LogP contribution in [0.15, 0.2) is 42.6 Å². The summed E-state index contributed by atoms with van der Waals surface area (Å²) in [5.74, 6) is 1.27. The van der Waals surface area contributed by atoms with Gasteiger partial charge in [0.1, 0.15) is 12.4 Å². The van der Waals surface area contributed by atoms with Crippen molar-refractivity contribution in [1.82, 2.24) is 10.3 Å². The van der Waals surface area contributed by atoms with Gasteiger partial charge in [0.05, 0.1) is 12.5 Å².